The second kappa shape index (κ2) is 4.55. The third kappa shape index (κ3) is 2.77. The number of morpholine rings is 1. The Labute approximate surface area is 90.4 Å². The van der Waals surface area contributed by atoms with Crippen molar-refractivity contribution in [3.05, 3.63) is 20.8 Å². The summed E-state index contributed by atoms with van der Waals surface area (Å²) < 4.78 is 6.82. The SMILES string of the molecule is Brc1ccc(CC2CNCCO2)s1. The number of rotatable bonds is 2. The number of halogens is 1. The average Bonchev–Trinajstić information content (AvgIpc) is 2.53. The van der Waals surface area contributed by atoms with Gasteiger partial charge in [0.25, 0.3) is 0 Å². The van der Waals surface area contributed by atoms with Crippen LogP contribution in [0.4, 0.5) is 0 Å². The quantitative estimate of drug-likeness (QED) is 0.880. The van der Waals surface area contributed by atoms with Gasteiger partial charge in [-0.2, -0.15) is 0 Å². The molecule has 1 aliphatic rings. The van der Waals surface area contributed by atoms with Crippen LogP contribution in [0.5, 0.6) is 0 Å². The predicted molar refractivity (Wildman–Crippen MR) is 58.3 cm³/mol. The van der Waals surface area contributed by atoms with Gasteiger partial charge in [-0.3, -0.25) is 0 Å². The van der Waals surface area contributed by atoms with Crippen molar-refractivity contribution >= 4 is 27.3 Å². The lowest BCUT2D eigenvalue weighted by Gasteiger charge is -2.22. The fourth-order valence-corrected chi connectivity index (χ4v) is 2.98. The first-order valence-electron chi connectivity index (χ1n) is 4.41. The summed E-state index contributed by atoms with van der Waals surface area (Å²) in [4.78, 5) is 1.39. The lowest BCUT2D eigenvalue weighted by Crippen LogP contribution is -2.39. The molecule has 1 atom stereocenters. The standard InChI is InChI=1S/C9H12BrNOS/c10-9-2-1-8(13-9)5-7-6-11-3-4-12-7/h1-2,7,11H,3-6H2. The summed E-state index contributed by atoms with van der Waals surface area (Å²) in [5, 5.41) is 3.33. The van der Waals surface area contributed by atoms with Crippen LogP contribution in [0, 0.1) is 0 Å². The fraction of sp³-hybridized carbons (Fsp3) is 0.556. The van der Waals surface area contributed by atoms with E-state index in [1.165, 1.54) is 8.66 Å². The second-order valence-corrected chi connectivity index (χ2v) is 5.65. The highest BCUT2D eigenvalue weighted by Gasteiger charge is 2.14. The van der Waals surface area contributed by atoms with Crippen molar-refractivity contribution in [2.45, 2.75) is 12.5 Å². The maximum Gasteiger partial charge on any atom is 0.0748 e. The Morgan fingerprint density at radius 3 is 3.15 bits per heavy atom. The topological polar surface area (TPSA) is 21.3 Å². The molecule has 0 bridgehead atoms. The van der Waals surface area contributed by atoms with Gasteiger partial charge in [-0.15, -0.1) is 11.3 Å². The van der Waals surface area contributed by atoms with Crippen LogP contribution in [-0.4, -0.2) is 25.8 Å². The number of ether oxygens (including phenoxy) is 1. The molecule has 2 rings (SSSR count). The molecular weight excluding hydrogens is 250 g/mol. The van der Waals surface area contributed by atoms with E-state index in [4.69, 9.17) is 4.74 Å². The van der Waals surface area contributed by atoms with E-state index in [9.17, 15) is 0 Å². The Balaban J connectivity index is 1.89. The monoisotopic (exact) mass is 261 g/mol. The zero-order valence-electron chi connectivity index (χ0n) is 7.25. The van der Waals surface area contributed by atoms with Gasteiger partial charge in [0.05, 0.1) is 16.5 Å². The number of nitrogens with one attached hydrogen (secondary N) is 1. The minimum Gasteiger partial charge on any atom is -0.375 e. The highest BCUT2D eigenvalue weighted by atomic mass is 79.9. The molecule has 13 heavy (non-hydrogen) atoms. The molecule has 1 aromatic heterocycles. The van der Waals surface area contributed by atoms with Gasteiger partial charge in [0.1, 0.15) is 0 Å². The first kappa shape index (κ1) is 9.65. The van der Waals surface area contributed by atoms with E-state index in [0.29, 0.717) is 6.10 Å². The lowest BCUT2D eigenvalue weighted by atomic mass is 10.2. The molecule has 1 saturated heterocycles. The smallest absolute Gasteiger partial charge is 0.0748 e. The van der Waals surface area contributed by atoms with Crippen LogP contribution < -0.4 is 5.32 Å². The molecule has 0 aliphatic carbocycles. The zero-order chi connectivity index (χ0) is 9.10. The molecule has 0 radical (unpaired) electrons. The van der Waals surface area contributed by atoms with Gasteiger partial charge >= 0.3 is 0 Å². The van der Waals surface area contributed by atoms with Crippen LogP contribution in [-0.2, 0) is 11.2 Å². The van der Waals surface area contributed by atoms with E-state index in [0.717, 1.165) is 26.1 Å². The van der Waals surface area contributed by atoms with Crippen molar-refractivity contribution in [1.82, 2.24) is 5.32 Å². The summed E-state index contributed by atoms with van der Waals surface area (Å²) in [5.74, 6) is 0. The molecule has 1 unspecified atom stereocenters. The van der Waals surface area contributed by atoms with E-state index < -0.39 is 0 Å². The van der Waals surface area contributed by atoms with Crippen molar-refractivity contribution in [3.8, 4) is 0 Å². The van der Waals surface area contributed by atoms with Crippen LogP contribution in [0.25, 0.3) is 0 Å². The van der Waals surface area contributed by atoms with Gasteiger partial charge in [0.15, 0.2) is 0 Å². The van der Waals surface area contributed by atoms with E-state index >= 15 is 0 Å². The third-order valence-electron chi connectivity index (χ3n) is 2.06. The van der Waals surface area contributed by atoms with E-state index in [2.05, 4.69) is 33.4 Å². The van der Waals surface area contributed by atoms with Crippen molar-refractivity contribution in [1.29, 1.82) is 0 Å². The largest absolute Gasteiger partial charge is 0.375 e. The Bertz CT molecular complexity index is 270. The van der Waals surface area contributed by atoms with Gasteiger partial charge in [0, 0.05) is 24.4 Å². The molecular formula is C9H12BrNOS. The maximum atomic E-state index is 5.62. The summed E-state index contributed by atoms with van der Waals surface area (Å²) in [6.07, 6.45) is 1.39. The first-order chi connectivity index (χ1) is 6.34. The molecule has 1 aliphatic heterocycles. The number of thiophene rings is 1. The molecule has 72 valence electrons. The predicted octanol–water partition coefficient (Wildman–Crippen LogP) is 2.04. The lowest BCUT2D eigenvalue weighted by molar-refractivity contribution is 0.0297. The van der Waals surface area contributed by atoms with E-state index in [1.54, 1.807) is 11.3 Å². The molecule has 4 heteroatoms. The molecule has 1 N–H and O–H groups in total. The molecule has 1 fully saturated rings. The summed E-state index contributed by atoms with van der Waals surface area (Å²) in [5.41, 5.74) is 0. The molecule has 0 amide bonds. The highest BCUT2D eigenvalue weighted by Crippen LogP contribution is 2.23. The van der Waals surface area contributed by atoms with Crippen LogP contribution in [0.2, 0.25) is 0 Å². The molecule has 2 heterocycles. The summed E-state index contributed by atoms with van der Waals surface area (Å²) in [6, 6.07) is 4.25. The fourth-order valence-electron chi connectivity index (χ4n) is 1.44. The summed E-state index contributed by atoms with van der Waals surface area (Å²) >= 11 is 5.25. The van der Waals surface area contributed by atoms with Crippen molar-refractivity contribution in [2.75, 3.05) is 19.7 Å². The van der Waals surface area contributed by atoms with Crippen LogP contribution in [0.3, 0.4) is 0 Å². The van der Waals surface area contributed by atoms with E-state index in [-0.39, 0.29) is 0 Å². The van der Waals surface area contributed by atoms with Crippen LogP contribution >= 0.6 is 27.3 Å². The Morgan fingerprint density at radius 1 is 1.62 bits per heavy atom. The van der Waals surface area contributed by atoms with Gasteiger partial charge < -0.3 is 10.1 Å². The minimum absolute atomic E-state index is 0.360. The molecule has 2 nitrogen and oxygen atoms in total. The van der Waals surface area contributed by atoms with Crippen molar-refractivity contribution in [2.24, 2.45) is 0 Å². The van der Waals surface area contributed by atoms with Gasteiger partial charge in [-0.1, -0.05) is 0 Å². The summed E-state index contributed by atoms with van der Waals surface area (Å²) in [7, 11) is 0. The maximum absolute atomic E-state index is 5.62. The van der Waals surface area contributed by atoms with E-state index in [1.807, 2.05) is 0 Å². The summed E-state index contributed by atoms with van der Waals surface area (Å²) in [6.45, 7) is 2.82. The molecule has 0 aromatic carbocycles. The molecule has 1 aromatic rings. The number of hydrogen-bond acceptors (Lipinski definition) is 3. The zero-order valence-corrected chi connectivity index (χ0v) is 9.66. The third-order valence-corrected chi connectivity index (χ3v) is 3.71. The van der Waals surface area contributed by atoms with Gasteiger partial charge in [-0.25, -0.2) is 0 Å². The molecule has 0 spiro atoms. The van der Waals surface area contributed by atoms with Crippen molar-refractivity contribution in [3.63, 3.8) is 0 Å². The first-order valence-corrected chi connectivity index (χ1v) is 6.02. The average molecular weight is 262 g/mol. The normalized spacial score (nSPS) is 23.3. The Hall–Kier alpha value is 0.1000. The van der Waals surface area contributed by atoms with Crippen LogP contribution in [0.15, 0.2) is 15.9 Å². The minimum atomic E-state index is 0.360. The molecule has 0 saturated carbocycles. The highest BCUT2D eigenvalue weighted by molar-refractivity contribution is 9.11. The van der Waals surface area contributed by atoms with Crippen LogP contribution in [0.1, 0.15) is 4.88 Å². The van der Waals surface area contributed by atoms with Gasteiger partial charge in [0.2, 0.25) is 0 Å². The Morgan fingerprint density at radius 2 is 2.54 bits per heavy atom. The second-order valence-electron chi connectivity index (χ2n) is 3.11. The van der Waals surface area contributed by atoms with Gasteiger partial charge in [-0.05, 0) is 28.1 Å². The number of hydrogen-bond donors (Lipinski definition) is 1. The van der Waals surface area contributed by atoms with Crippen molar-refractivity contribution < 1.29 is 4.74 Å². The Kier molecular flexibility index (Phi) is 3.38.